The molecule has 6 heteroatoms. The molecule has 134 valence electrons. The van der Waals surface area contributed by atoms with E-state index in [-0.39, 0.29) is 24.2 Å². The van der Waals surface area contributed by atoms with E-state index in [0.717, 1.165) is 0 Å². The molecule has 4 nitrogen and oxygen atoms in total. The van der Waals surface area contributed by atoms with Crippen molar-refractivity contribution in [3.63, 3.8) is 0 Å². The van der Waals surface area contributed by atoms with Crippen LogP contribution in [0.5, 0.6) is 11.5 Å². The number of hydrogen-bond donors (Lipinski definition) is 0. The van der Waals surface area contributed by atoms with Crippen molar-refractivity contribution in [2.24, 2.45) is 0 Å². The van der Waals surface area contributed by atoms with Crippen molar-refractivity contribution in [2.45, 2.75) is 6.54 Å². The monoisotopic (exact) mass is 381 g/mol. The molecular weight excluding hydrogens is 369 g/mol. The Morgan fingerprint density at radius 3 is 2.04 bits per heavy atom. The Morgan fingerprint density at radius 1 is 0.852 bits per heavy atom. The second kappa shape index (κ2) is 6.85. The van der Waals surface area contributed by atoms with Crippen molar-refractivity contribution in [2.75, 3.05) is 0 Å². The number of rotatable bonds is 4. The first-order chi connectivity index (χ1) is 13.0. The Hall–Kier alpha value is -3.18. The van der Waals surface area contributed by atoms with E-state index in [2.05, 4.69) is 0 Å². The van der Waals surface area contributed by atoms with Crippen molar-refractivity contribution in [3.05, 3.63) is 94.3 Å². The standard InChI is InChI=1S/C21H13ClFNO3/c22-19-11-16(27-15-9-6-14(23)7-10-15)8-5-13(19)12-24-20(25)17-3-1-2-4-18(17)21(24)26/h1-11H,12H2. The number of fused-ring (bicyclic) bond motifs is 1. The van der Waals surface area contributed by atoms with Gasteiger partial charge in [0.25, 0.3) is 11.8 Å². The second-order valence-corrected chi connectivity index (χ2v) is 6.46. The van der Waals surface area contributed by atoms with E-state index in [1.54, 1.807) is 42.5 Å². The summed E-state index contributed by atoms with van der Waals surface area (Å²) in [4.78, 5) is 26.1. The number of benzene rings is 3. The zero-order valence-corrected chi connectivity index (χ0v) is 14.7. The fraction of sp³-hybridized carbons (Fsp3) is 0.0476. The average molecular weight is 382 g/mol. The molecule has 0 radical (unpaired) electrons. The summed E-state index contributed by atoms with van der Waals surface area (Å²) in [5.74, 6) is -0.0773. The molecule has 0 saturated heterocycles. The first-order valence-electron chi connectivity index (χ1n) is 8.20. The SMILES string of the molecule is O=C1c2ccccc2C(=O)N1Cc1ccc(Oc2ccc(F)cc2)cc1Cl. The smallest absolute Gasteiger partial charge is 0.261 e. The lowest BCUT2D eigenvalue weighted by Gasteiger charge is -2.15. The second-order valence-electron chi connectivity index (χ2n) is 6.05. The zero-order chi connectivity index (χ0) is 19.0. The number of nitrogens with zero attached hydrogens (tertiary/aromatic N) is 1. The van der Waals surface area contributed by atoms with Gasteiger partial charge in [0, 0.05) is 5.02 Å². The van der Waals surface area contributed by atoms with Crippen LogP contribution >= 0.6 is 11.6 Å². The lowest BCUT2D eigenvalue weighted by molar-refractivity contribution is 0.0642. The number of halogens is 2. The molecule has 0 saturated carbocycles. The Kier molecular flexibility index (Phi) is 4.38. The molecule has 0 bridgehead atoms. The third-order valence-electron chi connectivity index (χ3n) is 4.28. The molecule has 4 rings (SSSR count). The Morgan fingerprint density at radius 2 is 1.44 bits per heavy atom. The lowest BCUT2D eigenvalue weighted by atomic mass is 10.1. The highest BCUT2D eigenvalue weighted by Crippen LogP contribution is 2.30. The highest BCUT2D eigenvalue weighted by Gasteiger charge is 2.35. The first-order valence-corrected chi connectivity index (χ1v) is 8.58. The van der Waals surface area contributed by atoms with Crippen LogP contribution in [0.25, 0.3) is 0 Å². The fourth-order valence-corrected chi connectivity index (χ4v) is 3.14. The lowest BCUT2D eigenvalue weighted by Crippen LogP contribution is -2.29. The summed E-state index contributed by atoms with van der Waals surface area (Å²) in [5, 5.41) is 0.367. The summed E-state index contributed by atoms with van der Waals surface area (Å²) in [6, 6.07) is 17.3. The third-order valence-corrected chi connectivity index (χ3v) is 4.63. The number of carbonyl (C=O) groups is 2. The molecule has 0 aliphatic carbocycles. The van der Waals surface area contributed by atoms with Crippen LogP contribution in [0.2, 0.25) is 5.02 Å². The van der Waals surface area contributed by atoms with Crippen LogP contribution in [-0.4, -0.2) is 16.7 Å². The van der Waals surface area contributed by atoms with Gasteiger partial charge in [-0.1, -0.05) is 29.8 Å². The van der Waals surface area contributed by atoms with Gasteiger partial charge in [-0.25, -0.2) is 4.39 Å². The maximum atomic E-state index is 13.0. The molecule has 0 atom stereocenters. The molecular formula is C21H13ClFNO3. The Balaban J connectivity index is 1.53. The van der Waals surface area contributed by atoms with Gasteiger partial charge in [0.1, 0.15) is 17.3 Å². The number of hydrogen-bond acceptors (Lipinski definition) is 3. The Bertz CT molecular complexity index is 1010. The fourth-order valence-electron chi connectivity index (χ4n) is 2.91. The van der Waals surface area contributed by atoms with Crippen molar-refractivity contribution < 1.29 is 18.7 Å². The number of carbonyl (C=O) groups excluding carboxylic acids is 2. The summed E-state index contributed by atoms with van der Waals surface area (Å²) >= 11 is 6.32. The summed E-state index contributed by atoms with van der Waals surface area (Å²) in [7, 11) is 0. The van der Waals surface area contributed by atoms with E-state index in [9.17, 15) is 14.0 Å². The van der Waals surface area contributed by atoms with Gasteiger partial charge in [-0.3, -0.25) is 14.5 Å². The van der Waals surface area contributed by atoms with Gasteiger partial charge in [0.05, 0.1) is 17.7 Å². The van der Waals surface area contributed by atoms with E-state index in [4.69, 9.17) is 16.3 Å². The summed E-state index contributed by atoms with van der Waals surface area (Å²) in [6.07, 6.45) is 0. The van der Waals surface area contributed by atoms with Crippen LogP contribution in [0, 0.1) is 5.82 Å². The quantitative estimate of drug-likeness (QED) is 0.593. The molecule has 27 heavy (non-hydrogen) atoms. The average Bonchev–Trinajstić information content (AvgIpc) is 2.91. The van der Waals surface area contributed by atoms with E-state index >= 15 is 0 Å². The molecule has 0 aromatic heterocycles. The van der Waals surface area contributed by atoms with Gasteiger partial charge in [-0.15, -0.1) is 0 Å². The molecule has 1 aliphatic rings. The Labute approximate surface area is 159 Å². The maximum Gasteiger partial charge on any atom is 0.261 e. The first kappa shape index (κ1) is 17.2. The minimum atomic E-state index is -0.350. The number of imide groups is 1. The minimum Gasteiger partial charge on any atom is -0.457 e. The normalized spacial score (nSPS) is 13.0. The summed E-state index contributed by atoms with van der Waals surface area (Å²) in [6.45, 7) is 0.0714. The van der Waals surface area contributed by atoms with Gasteiger partial charge < -0.3 is 4.74 Å². The number of ether oxygens (including phenoxy) is 1. The molecule has 0 unspecified atom stereocenters. The van der Waals surface area contributed by atoms with Crippen molar-refractivity contribution in [1.29, 1.82) is 0 Å². The van der Waals surface area contributed by atoms with Crippen LogP contribution in [-0.2, 0) is 6.54 Å². The molecule has 3 aromatic rings. The van der Waals surface area contributed by atoms with Crippen LogP contribution in [0.4, 0.5) is 4.39 Å². The van der Waals surface area contributed by atoms with Crippen LogP contribution in [0.3, 0.4) is 0 Å². The maximum absolute atomic E-state index is 13.0. The molecule has 1 heterocycles. The number of amides is 2. The summed E-state index contributed by atoms with van der Waals surface area (Å²) in [5.41, 5.74) is 1.42. The van der Waals surface area contributed by atoms with Crippen molar-refractivity contribution >= 4 is 23.4 Å². The van der Waals surface area contributed by atoms with Gasteiger partial charge >= 0.3 is 0 Å². The predicted molar refractivity (Wildman–Crippen MR) is 98.6 cm³/mol. The third kappa shape index (κ3) is 3.29. The van der Waals surface area contributed by atoms with Crippen molar-refractivity contribution in [1.82, 2.24) is 4.90 Å². The van der Waals surface area contributed by atoms with E-state index in [1.165, 1.54) is 29.2 Å². The highest BCUT2D eigenvalue weighted by atomic mass is 35.5. The minimum absolute atomic E-state index is 0.0714. The molecule has 0 spiro atoms. The van der Waals surface area contributed by atoms with E-state index < -0.39 is 0 Å². The summed E-state index contributed by atoms with van der Waals surface area (Å²) < 4.78 is 18.6. The van der Waals surface area contributed by atoms with Crippen LogP contribution in [0.1, 0.15) is 26.3 Å². The van der Waals surface area contributed by atoms with Gasteiger partial charge in [0.2, 0.25) is 0 Å². The largest absolute Gasteiger partial charge is 0.457 e. The van der Waals surface area contributed by atoms with Gasteiger partial charge in [-0.2, -0.15) is 0 Å². The van der Waals surface area contributed by atoms with Gasteiger partial charge in [-0.05, 0) is 54.1 Å². The highest BCUT2D eigenvalue weighted by molar-refractivity contribution is 6.31. The topological polar surface area (TPSA) is 46.6 Å². The van der Waals surface area contributed by atoms with Gasteiger partial charge in [0.15, 0.2) is 0 Å². The van der Waals surface area contributed by atoms with E-state index in [1.807, 2.05) is 0 Å². The zero-order valence-electron chi connectivity index (χ0n) is 14.0. The van der Waals surface area contributed by atoms with Crippen LogP contribution < -0.4 is 4.74 Å². The molecule has 0 N–H and O–H groups in total. The molecule has 0 fully saturated rings. The predicted octanol–water partition coefficient (Wildman–Crippen LogP) is 5.07. The molecule has 3 aromatic carbocycles. The van der Waals surface area contributed by atoms with E-state index in [0.29, 0.717) is 33.2 Å². The van der Waals surface area contributed by atoms with Crippen LogP contribution in [0.15, 0.2) is 66.7 Å². The van der Waals surface area contributed by atoms with Crippen molar-refractivity contribution in [3.8, 4) is 11.5 Å². The molecule has 2 amide bonds. The molecule has 1 aliphatic heterocycles.